The van der Waals surface area contributed by atoms with Gasteiger partial charge in [0.1, 0.15) is 6.29 Å². The van der Waals surface area contributed by atoms with Gasteiger partial charge < -0.3 is 9.84 Å². The summed E-state index contributed by atoms with van der Waals surface area (Å²) in [6.45, 7) is 0.330. The Morgan fingerprint density at radius 1 is 1.33 bits per heavy atom. The number of aldehydes is 1. The highest BCUT2D eigenvalue weighted by atomic mass is 19.1. The molecule has 0 unspecified atom stereocenters. The third-order valence-corrected chi connectivity index (χ3v) is 2.38. The second kappa shape index (κ2) is 7.42. The number of ether oxygens (including phenoxy) is 1. The smallest absolute Gasteiger partial charge is 0.303 e. The SMILES string of the molecule is O=Cc1ccc(OCCCCCC(=O)O)c(F)c1. The monoisotopic (exact) mass is 254 g/mol. The van der Waals surface area contributed by atoms with Crippen LogP contribution in [0.25, 0.3) is 0 Å². The van der Waals surface area contributed by atoms with Crippen LogP contribution in [0.2, 0.25) is 0 Å². The van der Waals surface area contributed by atoms with Crippen molar-refractivity contribution in [1.82, 2.24) is 0 Å². The molecule has 4 nitrogen and oxygen atoms in total. The average Bonchev–Trinajstić information content (AvgIpc) is 2.34. The van der Waals surface area contributed by atoms with E-state index in [0.717, 1.165) is 12.5 Å². The van der Waals surface area contributed by atoms with Gasteiger partial charge in [-0.05, 0) is 37.5 Å². The van der Waals surface area contributed by atoms with Gasteiger partial charge in [0.2, 0.25) is 0 Å². The van der Waals surface area contributed by atoms with Crippen molar-refractivity contribution in [3.63, 3.8) is 0 Å². The number of carboxylic acid groups (broad SMARTS) is 1. The van der Waals surface area contributed by atoms with E-state index in [1.165, 1.54) is 12.1 Å². The highest BCUT2D eigenvalue weighted by molar-refractivity contribution is 5.74. The summed E-state index contributed by atoms with van der Waals surface area (Å²) in [6, 6.07) is 4.01. The van der Waals surface area contributed by atoms with Crippen molar-refractivity contribution >= 4 is 12.3 Å². The molecule has 0 aliphatic heterocycles. The van der Waals surface area contributed by atoms with E-state index in [0.29, 0.717) is 25.7 Å². The summed E-state index contributed by atoms with van der Waals surface area (Å²) in [7, 11) is 0. The van der Waals surface area contributed by atoms with Gasteiger partial charge in [-0.3, -0.25) is 9.59 Å². The third kappa shape index (κ3) is 4.95. The molecule has 98 valence electrons. The fourth-order valence-corrected chi connectivity index (χ4v) is 1.44. The van der Waals surface area contributed by atoms with E-state index in [4.69, 9.17) is 9.84 Å². The maximum atomic E-state index is 13.4. The molecule has 18 heavy (non-hydrogen) atoms. The van der Waals surface area contributed by atoms with Gasteiger partial charge in [0.25, 0.3) is 0 Å². The summed E-state index contributed by atoms with van der Waals surface area (Å²) in [6.07, 6.45) is 2.69. The van der Waals surface area contributed by atoms with Gasteiger partial charge in [-0.15, -0.1) is 0 Å². The molecule has 1 rings (SSSR count). The molecule has 0 saturated heterocycles. The van der Waals surface area contributed by atoms with Crippen molar-refractivity contribution in [2.24, 2.45) is 0 Å². The van der Waals surface area contributed by atoms with Crippen LogP contribution in [0, 0.1) is 5.82 Å². The Hall–Kier alpha value is -1.91. The molecule has 5 heteroatoms. The first-order chi connectivity index (χ1) is 8.63. The largest absolute Gasteiger partial charge is 0.491 e. The number of hydrogen-bond donors (Lipinski definition) is 1. The van der Waals surface area contributed by atoms with Gasteiger partial charge in [0.05, 0.1) is 6.61 Å². The molecule has 0 atom stereocenters. The Labute approximate surface area is 104 Å². The number of unbranched alkanes of at least 4 members (excludes halogenated alkanes) is 2. The van der Waals surface area contributed by atoms with E-state index in [1.54, 1.807) is 0 Å². The lowest BCUT2D eigenvalue weighted by atomic mass is 10.2. The highest BCUT2D eigenvalue weighted by Crippen LogP contribution is 2.18. The number of hydrogen-bond acceptors (Lipinski definition) is 3. The van der Waals surface area contributed by atoms with Crippen LogP contribution in [0.1, 0.15) is 36.0 Å². The van der Waals surface area contributed by atoms with Gasteiger partial charge >= 0.3 is 5.97 Å². The molecule has 1 aromatic carbocycles. The number of carboxylic acids is 1. The van der Waals surface area contributed by atoms with Crippen molar-refractivity contribution in [2.75, 3.05) is 6.61 Å². The van der Waals surface area contributed by atoms with E-state index < -0.39 is 11.8 Å². The summed E-state index contributed by atoms with van der Waals surface area (Å²) < 4.78 is 18.6. The lowest BCUT2D eigenvalue weighted by Crippen LogP contribution is -2.01. The van der Waals surface area contributed by atoms with Crippen LogP contribution >= 0.6 is 0 Å². The van der Waals surface area contributed by atoms with Crippen LogP contribution in [-0.2, 0) is 4.79 Å². The van der Waals surface area contributed by atoms with Gasteiger partial charge in [-0.1, -0.05) is 0 Å². The van der Waals surface area contributed by atoms with Crippen molar-refractivity contribution in [2.45, 2.75) is 25.7 Å². The zero-order valence-corrected chi connectivity index (χ0v) is 9.89. The third-order valence-electron chi connectivity index (χ3n) is 2.38. The van der Waals surface area contributed by atoms with E-state index in [-0.39, 0.29) is 17.7 Å². The number of rotatable bonds is 8. The molecule has 0 saturated carbocycles. The number of carbonyl (C=O) groups excluding carboxylic acids is 1. The summed E-state index contributed by atoms with van der Waals surface area (Å²) in [5.74, 6) is -1.27. The molecule has 0 fully saturated rings. The van der Waals surface area contributed by atoms with Crippen molar-refractivity contribution in [1.29, 1.82) is 0 Å². The second-order valence-corrected chi connectivity index (χ2v) is 3.86. The molecule has 0 spiro atoms. The lowest BCUT2D eigenvalue weighted by Gasteiger charge is -2.07. The van der Waals surface area contributed by atoms with Gasteiger partial charge in [0, 0.05) is 12.0 Å². The first-order valence-electron chi connectivity index (χ1n) is 5.73. The van der Waals surface area contributed by atoms with E-state index in [2.05, 4.69) is 0 Å². The van der Waals surface area contributed by atoms with Crippen LogP contribution in [0.15, 0.2) is 18.2 Å². The predicted octanol–water partition coefficient (Wildman–Crippen LogP) is 2.66. The topological polar surface area (TPSA) is 63.6 Å². The highest BCUT2D eigenvalue weighted by Gasteiger charge is 2.04. The molecule has 0 radical (unpaired) electrons. The predicted molar refractivity (Wildman–Crippen MR) is 63.4 cm³/mol. The van der Waals surface area contributed by atoms with Gasteiger partial charge in [0.15, 0.2) is 11.6 Å². The Bertz CT molecular complexity index is 417. The Balaban J connectivity index is 2.27. The molecule has 0 aliphatic rings. The number of carbonyl (C=O) groups is 2. The van der Waals surface area contributed by atoms with Crippen molar-refractivity contribution in [3.05, 3.63) is 29.6 Å². The van der Waals surface area contributed by atoms with E-state index in [9.17, 15) is 14.0 Å². The molecule has 0 aliphatic carbocycles. The second-order valence-electron chi connectivity index (χ2n) is 3.86. The molecule has 0 heterocycles. The van der Waals surface area contributed by atoms with Gasteiger partial charge in [-0.25, -0.2) is 4.39 Å². The van der Waals surface area contributed by atoms with Gasteiger partial charge in [-0.2, -0.15) is 0 Å². The van der Waals surface area contributed by atoms with Crippen LogP contribution in [-0.4, -0.2) is 24.0 Å². The number of benzene rings is 1. The quantitative estimate of drug-likeness (QED) is 0.572. The summed E-state index contributed by atoms with van der Waals surface area (Å²) in [5.41, 5.74) is 0.265. The van der Waals surface area contributed by atoms with E-state index >= 15 is 0 Å². The first-order valence-corrected chi connectivity index (χ1v) is 5.73. The maximum absolute atomic E-state index is 13.4. The van der Waals surface area contributed by atoms with Crippen LogP contribution < -0.4 is 4.74 Å². The summed E-state index contributed by atoms with van der Waals surface area (Å²) in [5, 5.41) is 8.42. The molecular weight excluding hydrogens is 239 g/mol. The molecule has 0 aromatic heterocycles. The van der Waals surface area contributed by atoms with Crippen molar-refractivity contribution in [3.8, 4) is 5.75 Å². The minimum absolute atomic E-state index is 0.110. The number of aliphatic carboxylic acids is 1. The molecule has 1 aromatic rings. The normalized spacial score (nSPS) is 10.1. The zero-order valence-electron chi connectivity index (χ0n) is 9.89. The molecular formula is C13H15FO4. The van der Waals surface area contributed by atoms with Crippen LogP contribution in [0.3, 0.4) is 0 Å². The molecule has 0 bridgehead atoms. The Morgan fingerprint density at radius 3 is 2.72 bits per heavy atom. The van der Waals surface area contributed by atoms with E-state index in [1.807, 2.05) is 0 Å². The average molecular weight is 254 g/mol. The van der Waals surface area contributed by atoms with Crippen LogP contribution in [0.5, 0.6) is 5.75 Å². The minimum atomic E-state index is -0.814. The Kier molecular flexibility index (Phi) is 5.84. The van der Waals surface area contributed by atoms with Crippen LogP contribution in [0.4, 0.5) is 4.39 Å². The lowest BCUT2D eigenvalue weighted by molar-refractivity contribution is -0.137. The minimum Gasteiger partial charge on any atom is -0.491 e. The summed E-state index contributed by atoms with van der Waals surface area (Å²) >= 11 is 0. The van der Waals surface area contributed by atoms with Crippen molar-refractivity contribution < 1.29 is 23.8 Å². The number of halogens is 1. The molecule has 0 amide bonds. The molecule has 1 N–H and O–H groups in total. The zero-order chi connectivity index (χ0) is 13.4. The maximum Gasteiger partial charge on any atom is 0.303 e. The fourth-order valence-electron chi connectivity index (χ4n) is 1.44. The summed E-state index contributed by atoms with van der Waals surface area (Å²) in [4.78, 5) is 20.7. The first kappa shape index (κ1) is 14.2. The fraction of sp³-hybridized carbons (Fsp3) is 0.385. The standard InChI is InChI=1S/C13H15FO4/c14-11-8-10(9-15)5-6-12(11)18-7-3-1-2-4-13(16)17/h5-6,8-9H,1-4,7H2,(H,16,17). The Morgan fingerprint density at radius 2 is 2.11 bits per heavy atom.